The first-order valence-electron chi connectivity index (χ1n) is 5.60. The molecule has 0 saturated carbocycles. The molecule has 0 radical (unpaired) electrons. The lowest BCUT2D eigenvalue weighted by Gasteiger charge is -2.11. The SMILES string of the molecule is CN1CCC(c2cccc(CN=C=O)c2)C1. The zero-order valence-corrected chi connectivity index (χ0v) is 9.52. The van der Waals surface area contributed by atoms with Gasteiger partial charge in [-0.2, -0.15) is 0 Å². The van der Waals surface area contributed by atoms with Crippen LogP contribution in [0.5, 0.6) is 0 Å². The van der Waals surface area contributed by atoms with Crippen molar-refractivity contribution < 1.29 is 4.79 Å². The van der Waals surface area contributed by atoms with Crippen LogP contribution in [0.4, 0.5) is 0 Å². The number of hydrogen-bond donors (Lipinski definition) is 0. The van der Waals surface area contributed by atoms with Gasteiger partial charge in [0.05, 0.1) is 6.54 Å². The summed E-state index contributed by atoms with van der Waals surface area (Å²) in [5.41, 5.74) is 2.46. The molecule has 0 amide bonds. The van der Waals surface area contributed by atoms with Gasteiger partial charge in [0, 0.05) is 6.54 Å². The molecule has 1 aromatic rings. The average molecular weight is 216 g/mol. The lowest BCUT2D eigenvalue weighted by molar-refractivity contribution is 0.411. The Hall–Kier alpha value is -1.44. The molecule has 0 N–H and O–H groups in total. The van der Waals surface area contributed by atoms with E-state index in [-0.39, 0.29) is 0 Å². The summed E-state index contributed by atoms with van der Waals surface area (Å²) in [4.78, 5) is 16.0. The fourth-order valence-electron chi connectivity index (χ4n) is 2.28. The van der Waals surface area contributed by atoms with Gasteiger partial charge in [-0.3, -0.25) is 0 Å². The highest BCUT2D eigenvalue weighted by atomic mass is 16.1. The molecule has 84 valence electrons. The van der Waals surface area contributed by atoms with E-state index >= 15 is 0 Å². The fourth-order valence-corrected chi connectivity index (χ4v) is 2.28. The van der Waals surface area contributed by atoms with E-state index in [1.54, 1.807) is 6.08 Å². The summed E-state index contributed by atoms with van der Waals surface area (Å²) >= 11 is 0. The van der Waals surface area contributed by atoms with Gasteiger partial charge in [0.1, 0.15) is 0 Å². The Morgan fingerprint density at radius 1 is 1.56 bits per heavy atom. The normalized spacial score (nSPS) is 20.7. The van der Waals surface area contributed by atoms with Crippen LogP contribution < -0.4 is 0 Å². The molecule has 2 rings (SSSR count). The molecule has 0 spiro atoms. The highest BCUT2D eigenvalue weighted by Crippen LogP contribution is 2.26. The molecule has 1 aliphatic heterocycles. The molecule has 1 heterocycles. The second kappa shape index (κ2) is 5.06. The van der Waals surface area contributed by atoms with Crippen LogP contribution in [0, 0.1) is 0 Å². The van der Waals surface area contributed by atoms with Crippen LogP contribution in [0.15, 0.2) is 29.3 Å². The van der Waals surface area contributed by atoms with Crippen molar-refractivity contribution in [2.24, 2.45) is 4.99 Å². The number of carbonyl (C=O) groups excluding carboxylic acids is 1. The average Bonchev–Trinajstić information content (AvgIpc) is 2.74. The van der Waals surface area contributed by atoms with Crippen molar-refractivity contribution in [3.05, 3.63) is 35.4 Å². The van der Waals surface area contributed by atoms with Crippen molar-refractivity contribution in [3.63, 3.8) is 0 Å². The number of likely N-dealkylation sites (tertiary alicyclic amines) is 1. The molecule has 1 atom stereocenters. The molecular formula is C13H16N2O. The molecule has 3 nitrogen and oxygen atoms in total. The van der Waals surface area contributed by atoms with Gasteiger partial charge in [-0.25, -0.2) is 9.79 Å². The highest BCUT2D eigenvalue weighted by Gasteiger charge is 2.20. The Bertz CT molecular complexity index is 410. The minimum absolute atomic E-state index is 0.444. The van der Waals surface area contributed by atoms with E-state index in [1.165, 1.54) is 18.5 Å². The lowest BCUT2D eigenvalue weighted by atomic mass is 9.97. The number of nitrogens with zero attached hydrogens (tertiary/aromatic N) is 2. The summed E-state index contributed by atoms with van der Waals surface area (Å²) in [6, 6.07) is 8.37. The van der Waals surface area contributed by atoms with Crippen molar-refractivity contribution in [3.8, 4) is 0 Å². The van der Waals surface area contributed by atoms with Gasteiger partial charge < -0.3 is 4.90 Å². The maximum Gasteiger partial charge on any atom is 0.235 e. The molecule has 3 heteroatoms. The van der Waals surface area contributed by atoms with Crippen molar-refractivity contribution in [1.82, 2.24) is 4.90 Å². The molecular weight excluding hydrogens is 200 g/mol. The number of hydrogen-bond acceptors (Lipinski definition) is 3. The third-order valence-electron chi connectivity index (χ3n) is 3.14. The number of rotatable bonds is 3. The van der Waals surface area contributed by atoms with Gasteiger partial charge in [0.15, 0.2) is 0 Å². The van der Waals surface area contributed by atoms with Crippen LogP contribution in [-0.4, -0.2) is 31.1 Å². The van der Waals surface area contributed by atoms with Gasteiger partial charge >= 0.3 is 0 Å². The van der Waals surface area contributed by atoms with E-state index in [1.807, 2.05) is 12.1 Å². The molecule has 16 heavy (non-hydrogen) atoms. The molecule has 1 aromatic carbocycles. The van der Waals surface area contributed by atoms with Crippen molar-refractivity contribution in [2.45, 2.75) is 18.9 Å². The van der Waals surface area contributed by atoms with Gasteiger partial charge in [-0.1, -0.05) is 24.3 Å². The number of likely N-dealkylation sites (N-methyl/N-ethyl adjacent to an activating group) is 1. The zero-order valence-electron chi connectivity index (χ0n) is 9.52. The van der Waals surface area contributed by atoms with E-state index < -0.39 is 0 Å². The summed E-state index contributed by atoms with van der Waals surface area (Å²) in [7, 11) is 2.15. The van der Waals surface area contributed by atoms with Crippen LogP contribution >= 0.6 is 0 Å². The summed E-state index contributed by atoms with van der Waals surface area (Å²) in [6.45, 7) is 2.74. The standard InChI is InChI=1S/C13H16N2O/c1-15-6-5-13(9-15)12-4-2-3-11(7-12)8-14-10-16/h2-4,7,13H,5-6,8-9H2,1H3. The summed E-state index contributed by atoms with van der Waals surface area (Å²) < 4.78 is 0. The van der Waals surface area contributed by atoms with Gasteiger partial charge in [0.25, 0.3) is 0 Å². The van der Waals surface area contributed by atoms with Crippen molar-refractivity contribution in [2.75, 3.05) is 20.1 Å². The van der Waals surface area contributed by atoms with Crippen molar-refractivity contribution in [1.29, 1.82) is 0 Å². The Morgan fingerprint density at radius 3 is 3.12 bits per heavy atom. The first-order chi connectivity index (χ1) is 7.79. The Morgan fingerprint density at radius 2 is 2.44 bits per heavy atom. The second-order valence-electron chi connectivity index (χ2n) is 4.40. The van der Waals surface area contributed by atoms with Crippen molar-refractivity contribution >= 4 is 6.08 Å². The molecule has 0 bridgehead atoms. The smallest absolute Gasteiger partial charge is 0.235 e. The molecule has 1 saturated heterocycles. The topological polar surface area (TPSA) is 32.7 Å². The lowest BCUT2D eigenvalue weighted by Crippen LogP contribution is -2.13. The third-order valence-corrected chi connectivity index (χ3v) is 3.14. The Kier molecular flexibility index (Phi) is 3.50. The molecule has 1 aliphatic rings. The van der Waals surface area contributed by atoms with Crippen LogP contribution in [-0.2, 0) is 11.3 Å². The molecule has 0 aromatic heterocycles. The second-order valence-corrected chi connectivity index (χ2v) is 4.40. The molecule has 1 fully saturated rings. The monoisotopic (exact) mass is 216 g/mol. The third kappa shape index (κ3) is 2.57. The predicted octanol–water partition coefficient (Wildman–Crippen LogP) is 1.94. The number of isocyanates is 1. The largest absolute Gasteiger partial charge is 0.306 e. The van der Waals surface area contributed by atoms with E-state index in [9.17, 15) is 4.79 Å². The van der Waals surface area contributed by atoms with Gasteiger partial charge in [-0.05, 0) is 37.1 Å². The minimum atomic E-state index is 0.444. The van der Waals surface area contributed by atoms with Crippen LogP contribution in [0.2, 0.25) is 0 Å². The van der Waals surface area contributed by atoms with E-state index in [0.29, 0.717) is 12.5 Å². The van der Waals surface area contributed by atoms with Gasteiger partial charge in [-0.15, -0.1) is 0 Å². The quantitative estimate of drug-likeness (QED) is 0.571. The Balaban J connectivity index is 2.12. The molecule has 1 unspecified atom stereocenters. The van der Waals surface area contributed by atoms with Crippen LogP contribution in [0.25, 0.3) is 0 Å². The highest BCUT2D eigenvalue weighted by molar-refractivity contribution is 5.34. The first kappa shape index (κ1) is 11.1. The fraction of sp³-hybridized carbons (Fsp3) is 0.462. The number of benzene rings is 1. The van der Waals surface area contributed by atoms with Crippen LogP contribution in [0.3, 0.4) is 0 Å². The zero-order chi connectivity index (χ0) is 11.4. The summed E-state index contributed by atoms with van der Waals surface area (Å²) in [5, 5.41) is 0. The Labute approximate surface area is 95.8 Å². The number of aliphatic imine (C=N–C) groups is 1. The van der Waals surface area contributed by atoms with Crippen LogP contribution in [0.1, 0.15) is 23.5 Å². The maximum atomic E-state index is 10.1. The van der Waals surface area contributed by atoms with E-state index in [2.05, 4.69) is 29.1 Å². The van der Waals surface area contributed by atoms with E-state index in [4.69, 9.17) is 0 Å². The summed E-state index contributed by atoms with van der Waals surface area (Å²) in [5.74, 6) is 0.630. The van der Waals surface area contributed by atoms with E-state index in [0.717, 1.165) is 12.1 Å². The maximum absolute atomic E-state index is 10.1. The minimum Gasteiger partial charge on any atom is -0.306 e. The molecule has 0 aliphatic carbocycles. The summed E-state index contributed by atoms with van der Waals surface area (Å²) in [6.07, 6.45) is 2.80. The van der Waals surface area contributed by atoms with Gasteiger partial charge in [0.2, 0.25) is 6.08 Å². The predicted molar refractivity (Wildman–Crippen MR) is 63.1 cm³/mol. The first-order valence-corrected chi connectivity index (χ1v) is 5.60.